The molecule has 0 unspecified atom stereocenters. The molecule has 0 radical (unpaired) electrons. The van der Waals surface area contributed by atoms with E-state index in [1.54, 1.807) is 24.3 Å². The summed E-state index contributed by atoms with van der Waals surface area (Å²) in [7, 11) is 2.91. The van der Waals surface area contributed by atoms with Crippen molar-refractivity contribution in [2.45, 2.75) is 24.4 Å². The second-order valence-corrected chi connectivity index (χ2v) is 6.67. The smallest absolute Gasteiger partial charge is 0.264 e. The number of aliphatic hydroxyl groups excluding tert-OH is 3. The zero-order valence-corrected chi connectivity index (χ0v) is 16.2. The van der Waals surface area contributed by atoms with Crippen molar-refractivity contribution in [3.05, 3.63) is 42.0 Å². The van der Waals surface area contributed by atoms with Crippen molar-refractivity contribution in [3.63, 3.8) is 0 Å². The average Bonchev–Trinajstić information content (AvgIpc) is 3.33. The van der Waals surface area contributed by atoms with Gasteiger partial charge in [-0.2, -0.15) is 4.98 Å². The third-order valence-corrected chi connectivity index (χ3v) is 4.93. The van der Waals surface area contributed by atoms with E-state index in [-0.39, 0.29) is 22.9 Å². The first-order valence-electron chi connectivity index (χ1n) is 9.08. The van der Waals surface area contributed by atoms with E-state index in [0.717, 1.165) is 0 Å². The van der Waals surface area contributed by atoms with Gasteiger partial charge in [-0.25, -0.2) is 14.5 Å². The molecule has 2 aromatic heterocycles. The molecule has 4 atom stereocenters. The number of imidazole rings is 1. The lowest BCUT2D eigenvalue weighted by Crippen LogP contribution is -2.32. The van der Waals surface area contributed by atoms with E-state index in [4.69, 9.17) is 14.2 Å². The minimum atomic E-state index is -1.36. The van der Waals surface area contributed by atoms with Gasteiger partial charge < -0.3 is 29.5 Å². The molecule has 11 heteroatoms. The molecule has 1 aliphatic heterocycles. The highest BCUT2D eigenvalue weighted by Crippen LogP contribution is 2.34. The number of nitrogens with zero attached hydrogens (tertiary/aromatic N) is 4. The maximum Gasteiger partial charge on any atom is 0.264 e. The lowest BCUT2D eigenvalue weighted by molar-refractivity contribution is -0.0253. The summed E-state index contributed by atoms with van der Waals surface area (Å²) in [6.45, 7) is -0.484. The number of carbonyl (C=O) groups is 1. The number of ether oxygens (including phenoxy) is 3. The Labute approximate surface area is 170 Å². The van der Waals surface area contributed by atoms with E-state index in [9.17, 15) is 20.1 Å². The standard InChI is InChI=1S/C19H20N4O7/c1-28-10-5-3-9(4-6-10)19(27)23-8-20-12-17(23)21-16(22-18(12)29-2)15-14(26)13(25)11(7-24)30-15/h3-6,8,11,13-15,24-26H,7H2,1-2H3/t11-,13-,14+,15-/m1/s1. The Hall–Kier alpha value is -3.12. The Morgan fingerprint density at radius 3 is 2.47 bits per heavy atom. The Balaban J connectivity index is 1.77. The minimum absolute atomic E-state index is 0.00821. The molecule has 1 saturated heterocycles. The van der Waals surface area contributed by atoms with E-state index in [2.05, 4.69) is 15.0 Å². The van der Waals surface area contributed by atoms with E-state index in [1.807, 2.05) is 0 Å². The molecule has 11 nitrogen and oxygen atoms in total. The first kappa shape index (κ1) is 20.2. The van der Waals surface area contributed by atoms with Crippen molar-refractivity contribution < 1.29 is 34.3 Å². The van der Waals surface area contributed by atoms with Crippen LogP contribution in [0.4, 0.5) is 0 Å². The van der Waals surface area contributed by atoms with Crippen molar-refractivity contribution in [1.29, 1.82) is 0 Å². The second kappa shape index (κ2) is 7.95. The topological polar surface area (TPSA) is 149 Å². The summed E-state index contributed by atoms with van der Waals surface area (Å²) in [4.78, 5) is 25.7. The third-order valence-electron chi connectivity index (χ3n) is 4.93. The highest BCUT2D eigenvalue weighted by molar-refractivity contribution is 6.00. The fraction of sp³-hybridized carbons (Fsp3) is 0.368. The summed E-state index contributed by atoms with van der Waals surface area (Å²) in [6, 6.07) is 6.54. The Morgan fingerprint density at radius 2 is 1.87 bits per heavy atom. The third kappa shape index (κ3) is 3.27. The molecule has 0 aliphatic carbocycles. The second-order valence-electron chi connectivity index (χ2n) is 6.67. The predicted molar refractivity (Wildman–Crippen MR) is 101 cm³/mol. The number of aromatic nitrogens is 4. The van der Waals surface area contributed by atoms with Crippen LogP contribution in [0.5, 0.6) is 11.6 Å². The van der Waals surface area contributed by atoms with Gasteiger partial charge in [0.1, 0.15) is 36.5 Å². The lowest BCUT2D eigenvalue weighted by Gasteiger charge is -2.14. The van der Waals surface area contributed by atoms with Crippen LogP contribution in [0.2, 0.25) is 0 Å². The van der Waals surface area contributed by atoms with Crippen LogP contribution in [0.1, 0.15) is 22.3 Å². The van der Waals surface area contributed by atoms with Crippen LogP contribution in [0.3, 0.4) is 0 Å². The van der Waals surface area contributed by atoms with Gasteiger partial charge in [0.15, 0.2) is 17.0 Å². The fourth-order valence-electron chi connectivity index (χ4n) is 3.29. The molecule has 3 heterocycles. The molecule has 0 spiro atoms. The molecule has 30 heavy (non-hydrogen) atoms. The maximum atomic E-state index is 13.0. The molecule has 158 valence electrons. The number of aliphatic hydroxyl groups is 3. The van der Waals surface area contributed by atoms with Gasteiger partial charge in [0, 0.05) is 5.56 Å². The molecule has 1 aromatic carbocycles. The summed E-state index contributed by atoms with van der Waals surface area (Å²) >= 11 is 0. The molecular weight excluding hydrogens is 396 g/mol. The van der Waals surface area contributed by atoms with Crippen molar-refractivity contribution in [1.82, 2.24) is 19.5 Å². The molecule has 4 rings (SSSR count). The van der Waals surface area contributed by atoms with Gasteiger partial charge in [0.2, 0.25) is 5.88 Å². The Morgan fingerprint density at radius 1 is 1.13 bits per heavy atom. The van der Waals surface area contributed by atoms with Gasteiger partial charge in [0.25, 0.3) is 5.91 Å². The van der Waals surface area contributed by atoms with Crippen molar-refractivity contribution in [2.24, 2.45) is 0 Å². The molecule has 1 aliphatic rings. The molecule has 3 N–H and O–H groups in total. The van der Waals surface area contributed by atoms with Crippen LogP contribution < -0.4 is 9.47 Å². The first-order valence-corrected chi connectivity index (χ1v) is 9.08. The van der Waals surface area contributed by atoms with Crippen molar-refractivity contribution in [2.75, 3.05) is 20.8 Å². The summed E-state index contributed by atoms with van der Waals surface area (Å²) in [5, 5.41) is 29.6. The van der Waals surface area contributed by atoms with Gasteiger partial charge in [-0.15, -0.1) is 0 Å². The summed E-state index contributed by atoms with van der Waals surface area (Å²) in [6.07, 6.45) is -3.47. The van der Waals surface area contributed by atoms with Gasteiger partial charge >= 0.3 is 0 Å². The normalized spacial score (nSPS) is 23.6. The number of methoxy groups -OCH3 is 2. The lowest BCUT2D eigenvalue weighted by atomic mass is 10.1. The van der Waals surface area contributed by atoms with Crippen LogP contribution in [0, 0.1) is 0 Å². The van der Waals surface area contributed by atoms with E-state index in [0.29, 0.717) is 11.3 Å². The Bertz CT molecular complexity index is 1070. The highest BCUT2D eigenvalue weighted by atomic mass is 16.6. The van der Waals surface area contributed by atoms with Gasteiger partial charge in [-0.1, -0.05) is 0 Å². The van der Waals surface area contributed by atoms with E-state index < -0.39 is 36.9 Å². The number of fused-ring (bicyclic) bond motifs is 1. The molecule has 1 fully saturated rings. The number of hydrogen-bond donors (Lipinski definition) is 3. The average molecular weight is 416 g/mol. The zero-order valence-electron chi connectivity index (χ0n) is 16.2. The largest absolute Gasteiger partial charge is 0.497 e. The first-order chi connectivity index (χ1) is 14.5. The molecule has 0 saturated carbocycles. The highest BCUT2D eigenvalue weighted by Gasteiger charge is 2.45. The van der Waals surface area contributed by atoms with Crippen LogP contribution in [-0.4, -0.2) is 79.9 Å². The van der Waals surface area contributed by atoms with Crippen molar-refractivity contribution >= 4 is 17.1 Å². The van der Waals surface area contributed by atoms with Crippen LogP contribution in [0.15, 0.2) is 30.6 Å². The van der Waals surface area contributed by atoms with Gasteiger partial charge in [-0.3, -0.25) is 4.79 Å². The minimum Gasteiger partial charge on any atom is -0.497 e. The monoisotopic (exact) mass is 416 g/mol. The predicted octanol–water partition coefficient (Wildman–Crippen LogP) is -0.314. The van der Waals surface area contributed by atoms with Crippen LogP contribution in [-0.2, 0) is 4.74 Å². The SMILES string of the molecule is COc1ccc(C(=O)n2cnc3c(OC)nc([C@@H]4O[C@H](CO)[C@@H](O)[C@@H]4O)nc32)cc1. The van der Waals surface area contributed by atoms with Crippen molar-refractivity contribution in [3.8, 4) is 11.6 Å². The Kier molecular flexibility index (Phi) is 5.35. The van der Waals surface area contributed by atoms with Crippen LogP contribution in [0.25, 0.3) is 11.2 Å². The number of hydrogen-bond acceptors (Lipinski definition) is 10. The van der Waals surface area contributed by atoms with Gasteiger partial charge in [0.05, 0.1) is 20.8 Å². The summed E-state index contributed by atoms with van der Waals surface area (Å²) in [5.41, 5.74) is 0.771. The molecule has 3 aromatic rings. The number of benzene rings is 1. The zero-order chi connectivity index (χ0) is 21.4. The van der Waals surface area contributed by atoms with E-state index >= 15 is 0 Å². The quantitative estimate of drug-likeness (QED) is 0.505. The van der Waals surface area contributed by atoms with Crippen LogP contribution >= 0.6 is 0 Å². The molecule has 0 bridgehead atoms. The summed E-state index contributed by atoms with van der Waals surface area (Å²) < 4.78 is 17.1. The van der Waals surface area contributed by atoms with E-state index in [1.165, 1.54) is 25.1 Å². The number of rotatable bonds is 5. The maximum absolute atomic E-state index is 13.0. The number of carbonyl (C=O) groups excluding carboxylic acids is 1. The summed E-state index contributed by atoms with van der Waals surface area (Å²) in [5.74, 6) is 0.283. The molecular formula is C19H20N4O7. The molecule has 0 amide bonds. The van der Waals surface area contributed by atoms with Gasteiger partial charge in [-0.05, 0) is 24.3 Å². The fourth-order valence-corrected chi connectivity index (χ4v) is 3.29.